The first-order chi connectivity index (χ1) is 6.47. The lowest BCUT2D eigenvalue weighted by Gasteiger charge is -2.09. The number of sulfonamides is 1. The summed E-state index contributed by atoms with van der Waals surface area (Å²) in [5, 5.41) is 1.71. The molecule has 1 unspecified atom stereocenters. The molecule has 0 fully saturated rings. The van der Waals surface area contributed by atoms with E-state index in [1.165, 1.54) is 11.3 Å². The van der Waals surface area contributed by atoms with Gasteiger partial charge in [-0.3, -0.25) is 0 Å². The van der Waals surface area contributed by atoms with Crippen LogP contribution in [0.15, 0.2) is 20.1 Å². The van der Waals surface area contributed by atoms with E-state index in [4.69, 9.17) is 11.6 Å². The molecule has 1 rings (SSSR count). The Hall–Kier alpha value is 0.380. The van der Waals surface area contributed by atoms with Crippen LogP contribution in [0.2, 0.25) is 0 Å². The molecule has 0 spiro atoms. The summed E-state index contributed by atoms with van der Waals surface area (Å²) in [7, 11) is -3.42. The van der Waals surface area contributed by atoms with Crippen molar-refractivity contribution in [2.75, 3.05) is 5.88 Å². The second kappa shape index (κ2) is 4.94. The van der Waals surface area contributed by atoms with Crippen molar-refractivity contribution in [3.8, 4) is 0 Å². The van der Waals surface area contributed by atoms with Crippen LogP contribution < -0.4 is 4.72 Å². The molecule has 14 heavy (non-hydrogen) atoms. The van der Waals surface area contributed by atoms with Crippen molar-refractivity contribution in [2.45, 2.75) is 17.2 Å². The Balaban J connectivity index is 2.92. The summed E-state index contributed by atoms with van der Waals surface area (Å²) in [5.74, 6) is 0.252. The van der Waals surface area contributed by atoms with Gasteiger partial charge in [-0.15, -0.1) is 22.9 Å². The van der Waals surface area contributed by atoms with Crippen LogP contribution in [0.4, 0.5) is 0 Å². The lowest BCUT2D eigenvalue weighted by Crippen LogP contribution is -2.33. The average Bonchev–Trinajstić information content (AvgIpc) is 2.51. The number of hydrogen-bond donors (Lipinski definition) is 1. The Morgan fingerprint density at radius 2 is 2.36 bits per heavy atom. The van der Waals surface area contributed by atoms with Gasteiger partial charge in [-0.05, 0) is 34.3 Å². The first kappa shape index (κ1) is 12.4. The number of alkyl halides is 1. The number of rotatable bonds is 4. The van der Waals surface area contributed by atoms with Gasteiger partial charge >= 0.3 is 0 Å². The van der Waals surface area contributed by atoms with Crippen LogP contribution in [0.5, 0.6) is 0 Å². The topological polar surface area (TPSA) is 46.2 Å². The van der Waals surface area contributed by atoms with Crippen LogP contribution in [-0.2, 0) is 10.0 Å². The molecule has 1 aromatic heterocycles. The second-order valence-electron chi connectivity index (χ2n) is 2.73. The summed E-state index contributed by atoms with van der Waals surface area (Å²) in [5.41, 5.74) is 0. The van der Waals surface area contributed by atoms with Crippen LogP contribution in [0.1, 0.15) is 6.92 Å². The summed E-state index contributed by atoms with van der Waals surface area (Å²) in [6, 6.07) is 1.43. The SMILES string of the molecule is CC(CCl)NS(=O)(=O)c1sccc1Br. The number of halogens is 2. The zero-order valence-electron chi connectivity index (χ0n) is 7.33. The highest BCUT2D eigenvalue weighted by Gasteiger charge is 2.20. The molecule has 0 saturated heterocycles. The van der Waals surface area contributed by atoms with Gasteiger partial charge in [-0.1, -0.05) is 0 Å². The van der Waals surface area contributed by atoms with Gasteiger partial charge in [0.2, 0.25) is 0 Å². The number of nitrogens with one attached hydrogen (secondary N) is 1. The van der Waals surface area contributed by atoms with E-state index in [0.717, 1.165) is 0 Å². The fourth-order valence-corrected chi connectivity index (χ4v) is 4.59. The van der Waals surface area contributed by atoms with Crippen LogP contribution in [0.25, 0.3) is 0 Å². The largest absolute Gasteiger partial charge is 0.251 e. The lowest BCUT2D eigenvalue weighted by atomic mass is 10.4. The average molecular weight is 319 g/mol. The van der Waals surface area contributed by atoms with Crippen molar-refractivity contribution in [1.29, 1.82) is 0 Å². The van der Waals surface area contributed by atoms with Crippen LogP contribution in [0, 0.1) is 0 Å². The maximum Gasteiger partial charge on any atom is 0.251 e. The zero-order valence-corrected chi connectivity index (χ0v) is 11.3. The van der Waals surface area contributed by atoms with Gasteiger partial charge in [0.25, 0.3) is 10.0 Å². The summed E-state index contributed by atoms with van der Waals surface area (Å²) < 4.78 is 26.7. The fourth-order valence-electron chi connectivity index (χ4n) is 0.821. The molecule has 7 heteroatoms. The highest BCUT2D eigenvalue weighted by molar-refractivity contribution is 9.10. The minimum atomic E-state index is -3.42. The zero-order chi connectivity index (χ0) is 10.8. The van der Waals surface area contributed by atoms with E-state index in [1.807, 2.05) is 0 Å². The fraction of sp³-hybridized carbons (Fsp3) is 0.429. The molecule has 0 saturated carbocycles. The molecular weight excluding hydrogens is 310 g/mol. The Morgan fingerprint density at radius 3 is 2.79 bits per heavy atom. The Labute approximate surface area is 101 Å². The van der Waals surface area contributed by atoms with E-state index in [-0.39, 0.29) is 16.1 Å². The molecule has 0 amide bonds. The molecule has 0 aliphatic heterocycles. The van der Waals surface area contributed by atoms with E-state index >= 15 is 0 Å². The van der Waals surface area contributed by atoms with Gasteiger partial charge in [0.15, 0.2) is 0 Å². The molecule has 80 valence electrons. The van der Waals surface area contributed by atoms with Crippen LogP contribution >= 0.6 is 38.9 Å². The molecule has 1 aromatic rings. The third-order valence-electron chi connectivity index (χ3n) is 1.42. The van der Waals surface area contributed by atoms with Crippen molar-refractivity contribution >= 4 is 48.9 Å². The van der Waals surface area contributed by atoms with Gasteiger partial charge in [-0.2, -0.15) is 0 Å². The van der Waals surface area contributed by atoms with Crippen molar-refractivity contribution < 1.29 is 8.42 Å². The minimum absolute atomic E-state index is 0.252. The van der Waals surface area contributed by atoms with E-state index in [0.29, 0.717) is 4.47 Å². The molecule has 0 aliphatic carbocycles. The number of thiophene rings is 1. The van der Waals surface area contributed by atoms with Crippen molar-refractivity contribution in [1.82, 2.24) is 4.72 Å². The highest BCUT2D eigenvalue weighted by Crippen LogP contribution is 2.27. The molecule has 0 radical (unpaired) electrons. The molecular formula is C7H9BrClNO2S2. The summed E-state index contributed by atoms with van der Waals surface area (Å²) >= 11 is 9.86. The minimum Gasteiger partial charge on any atom is -0.206 e. The predicted molar refractivity (Wildman–Crippen MR) is 62.5 cm³/mol. The van der Waals surface area contributed by atoms with E-state index in [9.17, 15) is 8.42 Å². The first-order valence-electron chi connectivity index (χ1n) is 3.78. The first-order valence-corrected chi connectivity index (χ1v) is 7.47. The van der Waals surface area contributed by atoms with Crippen LogP contribution in [0.3, 0.4) is 0 Å². The van der Waals surface area contributed by atoms with Gasteiger partial charge in [-0.25, -0.2) is 13.1 Å². The third kappa shape index (κ3) is 2.93. The van der Waals surface area contributed by atoms with Crippen molar-refractivity contribution in [3.63, 3.8) is 0 Å². The number of hydrogen-bond acceptors (Lipinski definition) is 3. The van der Waals surface area contributed by atoms with Crippen LogP contribution in [-0.4, -0.2) is 20.3 Å². The molecule has 0 aromatic carbocycles. The molecule has 0 bridgehead atoms. The summed E-state index contributed by atoms with van der Waals surface area (Å²) in [4.78, 5) is 0. The normalized spacial score (nSPS) is 14.2. The quantitative estimate of drug-likeness (QED) is 0.867. The summed E-state index contributed by atoms with van der Waals surface area (Å²) in [6.45, 7) is 1.71. The Kier molecular flexibility index (Phi) is 4.39. The summed E-state index contributed by atoms with van der Waals surface area (Å²) in [6.07, 6.45) is 0. The molecule has 1 N–H and O–H groups in total. The molecule has 1 atom stereocenters. The molecule has 3 nitrogen and oxygen atoms in total. The van der Waals surface area contributed by atoms with Gasteiger partial charge in [0.1, 0.15) is 4.21 Å². The van der Waals surface area contributed by atoms with E-state index in [1.54, 1.807) is 18.4 Å². The highest BCUT2D eigenvalue weighted by atomic mass is 79.9. The maximum atomic E-state index is 11.7. The van der Waals surface area contributed by atoms with Gasteiger partial charge in [0, 0.05) is 16.4 Å². The monoisotopic (exact) mass is 317 g/mol. The Morgan fingerprint density at radius 1 is 1.71 bits per heavy atom. The van der Waals surface area contributed by atoms with Gasteiger partial charge < -0.3 is 0 Å². The Bertz CT molecular complexity index is 404. The van der Waals surface area contributed by atoms with E-state index in [2.05, 4.69) is 20.7 Å². The standard InChI is InChI=1S/C7H9BrClNO2S2/c1-5(4-9)10-14(11,12)7-6(8)2-3-13-7/h2-3,5,10H,4H2,1H3. The second-order valence-corrected chi connectivity index (χ2v) is 6.72. The third-order valence-corrected chi connectivity index (χ3v) is 6.14. The molecule has 0 aliphatic rings. The lowest BCUT2D eigenvalue weighted by molar-refractivity contribution is 0.572. The maximum absolute atomic E-state index is 11.7. The smallest absolute Gasteiger partial charge is 0.206 e. The van der Waals surface area contributed by atoms with Crippen molar-refractivity contribution in [3.05, 3.63) is 15.9 Å². The van der Waals surface area contributed by atoms with Gasteiger partial charge in [0.05, 0.1) is 0 Å². The van der Waals surface area contributed by atoms with E-state index < -0.39 is 10.0 Å². The van der Waals surface area contributed by atoms with Crippen molar-refractivity contribution in [2.24, 2.45) is 0 Å². The predicted octanol–water partition coefficient (Wildman–Crippen LogP) is 2.42. The molecule has 1 heterocycles.